The van der Waals surface area contributed by atoms with Crippen LogP contribution < -0.4 is 10.1 Å². The molecule has 0 bridgehead atoms. The van der Waals surface area contributed by atoms with Gasteiger partial charge in [-0.05, 0) is 13.0 Å². The molecular weight excluding hydrogens is 296 g/mol. The summed E-state index contributed by atoms with van der Waals surface area (Å²) in [6, 6.07) is 3.54. The third-order valence-electron chi connectivity index (χ3n) is 3.61. The molecule has 0 aliphatic carbocycles. The number of fused-ring (bicyclic) bond motifs is 1. The van der Waals surface area contributed by atoms with Crippen LogP contribution in [0.3, 0.4) is 0 Å². The second-order valence-corrected chi connectivity index (χ2v) is 5.38. The summed E-state index contributed by atoms with van der Waals surface area (Å²) in [5.74, 6) is 0.306. The van der Waals surface area contributed by atoms with Gasteiger partial charge in [-0.1, -0.05) is 24.6 Å². The second kappa shape index (κ2) is 6.32. The third kappa shape index (κ3) is 3.11. The van der Waals surface area contributed by atoms with Gasteiger partial charge < -0.3 is 10.1 Å². The van der Waals surface area contributed by atoms with E-state index in [4.69, 9.17) is 21.5 Å². The van der Waals surface area contributed by atoms with Gasteiger partial charge in [-0.15, -0.1) is 0 Å². The van der Waals surface area contributed by atoms with Crippen molar-refractivity contribution < 1.29 is 19.5 Å². The number of hydroxylamine groups is 2. The van der Waals surface area contributed by atoms with Crippen LogP contribution in [-0.2, 0) is 4.79 Å². The molecule has 1 heterocycles. The largest absolute Gasteiger partial charge is 0.489 e. The number of carbonyl (C=O) groups excluding carboxylic acids is 2. The molecule has 21 heavy (non-hydrogen) atoms. The Morgan fingerprint density at radius 2 is 2.24 bits per heavy atom. The Balaban J connectivity index is 2.17. The molecule has 2 rings (SSSR count). The molecule has 0 spiro atoms. The average Bonchev–Trinajstić information content (AvgIpc) is 2.73. The predicted octanol–water partition coefficient (Wildman–Crippen LogP) is 1.80. The Kier molecular flexibility index (Phi) is 4.69. The highest BCUT2D eigenvalue weighted by molar-refractivity contribution is 6.34. The molecule has 1 aromatic carbocycles. The highest BCUT2D eigenvalue weighted by Crippen LogP contribution is 2.42. The fourth-order valence-electron chi connectivity index (χ4n) is 2.24. The number of nitrogens with one attached hydrogen (secondary N) is 1. The zero-order valence-electron chi connectivity index (χ0n) is 11.8. The lowest BCUT2D eigenvalue weighted by molar-refractivity contribution is -0.149. The standard InChI is InChI=1S/C14H17ClN2O4/c1-8-9(2)21-13-10(8)3-4-11(15)12(13)14(19)16-5-6-17(20)7-18/h3-4,7-9,20H,5-6H2,1-2H3,(H,16,19). The van der Waals surface area contributed by atoms with Crippen LogP contribution in [0.4, 0.5) is 0 Å². The number of carbonyl (C=O) groups is 2. The average molecular weight is 313 g/mol. The van der Waals surface area contributed by atoms with Crippen molar-refractivity contribution in [1.29, 1.82) is 0 Å². The van der Waals surface area contributed by atoms with Crippen LogP contribution in [0.5, 0.6) is 5.75 Å². The Morgan fingerprint density at radius 1 is 1.52 bits per heavy atom. The Bertz CT molecular complexity index is 564. The zero-order chi connectivity index (χ0) is 15.6. The van der Waals surface area contributed by atoms with Crippen molar-refractivity contribution in [2.24, 2.45) is 0 Å². The van der Waals surface area contributed by atoms with Gasteiger partial charge in [-0.3, -0.25) is 14.8 Å². The molecule has 2 atom stereocenters. The molecule has 6 nitrogen and oxygen atoms in total. The number of rotatable bonds is 5. The van der Waals surface area contributed by atoms with Crippen molar-refractivity contribution in [2.75, 3.05) is 13.1 Å². The molecule has 1 aliphatic rings. The van der Waals surface area contributed by atoms with Crippen molar-refractivity contribution >= 4 is 23.9 Å². The maximum absolute atomic E-state index is 12.2. The molecule has 0 fully saturated rings. The fraction of sp³-hybridized carbons (Fsp3) is 0.429. The lowest BCUT2D eigenvalue weighted by atomic mass is 9.96. The Hall–Kier alpha value is -1.79. The minimum Gasteiger partial charge on any atom is -0.489 e. The highest BCUT2D eigenvalue weighted by atomic mass is 35.5. The molecule has 0 radical (unpaired) electrons. The zero-order valence-corrected chi connectivity index (χ0v) is 12.6. The van der Waals surface area contributed by atoms with E-state index >= 15 is 0 Å². The van der Waals surface area contributed by atoms with Gasteiger partial charge in [-0.25, -0.2) is 5.06 Å². The first kappa shape index (κ1) is 15.6. The van der Waals surface area contributed by atoms with Crippen LogP contribution in [-0.4, -0.2) is 41.8 Å². The van der Waals surface area contributed by atoms with Crippen LogP contribution in [0, 0.1) is 0 Å². The van der Waals surface area contributed by atoms with Gasteiger partial charge in [0.05, 0.1) is 11.6 Å². The van der Waals surface area contributed by atoms with E-state index in [0.717, 1.165) is 5.56 Å². The van der Waals surface area contributed by atoms with Gasteiger partial charge in [0, 0.05) is 18.0 Å². The van der Waals surface area contributed by atoms with Crippen molar-refractivity contribution in [3.05, 3.63) is 28.3 Å². The van der Waals surface area contributed by atoms with Crippen LogP contribution in [0.25, 0.3) is 0 Å². The maximum Gasteiger partial charge on any atom is 0.256 e. The summed E-state index contributed by atoms with van der Waals surface area (Å²) < 4.78 is 5.74. The highest BCUT2D eigenvalue weighted by Gasteiger charge is 2.32. The van der Waals surface area contributed by atoms with Crippen LogP contribution in [0.1, 0.15) is 35.7 Å². The minimum absolute atomic E-state index is 0.00442. The number of hydrogen-bond acceptors (Lipinski definition) is 4. The summed E-state index contributed by atoms with van der Waals surface area (Å²) >= 11 is 6.11. The van der Waals surface area contributed by atoms with Crippen molar-refractivity contribution in [2.45, 2.75) is 25.9 Å². The summed E-state index contributed by atoms with van der Waals surface area (Å²) in [5, 5.41) is 12.3. The summed E-state index contributed by atoms with van der Waals surface area (Å²) in [7, 11) is 0. The first-order valence-corrected chi connectivity index (χ1v) is 7.01. The smallest absolute Gasteiger partial charge is 0.256 e. The second-order valence-electron chi connectivity index (χ2n) is 4.98. The molecule has 0 saturated carbocycles. The number of nitrogens with zero attached hydrogens (tertiary/aromatic N) is 1. The predicted molar refractivity (Wildman–Crippen MR) is 76.8 cm³/mol. The normalized spacial score (nSPS) is 19.6. The van der Waals surface area contributed by atoms with Gasteiger partial charge in [0.2, 0.25) is 6.41 Å². The van der Waals surface area contributed by atoms with Gasteiger partial charge in [-0.2, -0.15) is 0 Å². The minimum atomic E-state index is -0.391. The van der Waals surface area contributed by atoms with E-state index in [1.807, 2.05) is 19.9 Å². The van der Waals surface area contributed by atoms with Crippen LogP contribution >= 0.6 is 11.6 Å². The number of hydrogen-bond donors (Lipinski definition) is 2. The van der Waals surface area contributed by atoms with Gasteiger partial charge >= 0.3 is 0 Å². The summed E-state index contributed by atoms with van der Waals surface area (Å²) in [4.78, 5) is 22.5. The van der Waals surface area contributed by atoms with E-state index in [9.17, 15) is 9.59 Å². The van der Waals surface area contributed by atoms with E-state index in [2.05, 4.69) is 5.32 Å². The van der Waals surface area contributed by atoms with Crippen molar-refractivity contribution in [3.8, 4) is 5.75 Å². The van der Waals surface area contributed by atoms with Crippen LogP contribution in [0.2, 0.25) is 5.02 Å². The summed E-state index contributed by atoms with van der Waals surface area (Å²) in [6.45, 7) is 4.07. The number of benzene rings is 1. The van der Waals surface area contributed by atoms with Crippen LogP contribution in [0.15, 0.2) is 12.1 Å². The van der Waals surface area contributed by atoms with E-state index < -0.39 is 5.91 Å². The van der Waals surface area contributed by atoms with Gasteiger partial charge in [0.1, 0.15) is 17.4 Å². The van der Waals surface area contributed by atoms with E-state index in [1.165, 1.54) is 0 Å². The van der Waals surface area contributed by atoms with E-state index in [-0.39, 0.29) is 31.5 Å². The summed E-state index contributed by atoms with van der Waals surface area (Å²) in [5.41, 5.74) is 1.25. The molecule has 0 saturated heterocycles. The molecule has 2 unspecified atom stereocenters. The molecular formula is C14H17ClN2O4. The molecule has 0 aromatic heterocycles. The maximum atomic E-state index is 12.2. The SMILES string of the molecule is CC1Oc2c(ccc(Cl)c2C(=O)NCCN(O)C=O)C1C. The van der Waals surface area contributed by atoms with E-state index in [1.54, 1.807) is 6.07 Å². The van der Waals surface area contributed by atoms with E-state index in [0.29, 0.717) is 21.4 Å². The lowest BCUT2D eigenvalue weighted by Gasteiger charge is -2.13. The molecule has 7 heteroatoms. The Labute approximate surface area is 127 Å². The molecule has 2 amide bonds. The monoisotopic (exact) mass is 312 g/mol. The van der Waals surface area contributed by atoms with Gasteiger partial charge in [0.25, 0.3) is 5.91 Å². The third-order valence-corrected chi connectivity index (χ3v) is 3.93. The molecule has 1 aliphatic heterocycles. The Morgan fingerprint density at radius 3 is 2.90 bits per heavy atom. The molecule has 2 N–H and O–H groups in total. The summed E-state index contributed by atoms with van der Waals surface area (Å²) in [6.07, 6.45) is 0.249. The first-order valence-electron chi connectivity index (χ1n) is 6.63. The van der Waals surface area contributed by atoms with Crippen molar-refractivity contribution in [3.63, 3.8) is 0 Å². The number of halogens is 1. The quantitative estimate of drug-likeness (QED) is 0.494. The lowest BCUT2D eigenvalue weighted by Crippen LogP contribution is -2.33. The fourth-order valence-corrected chi connectivity index (χ4v) is 2.47. The van der Waals surface area contributed by atoms with Gasteiger partial charge in [0.15, 0.2) is 0 Å². The topological polar surface area (TPSA) is 78.9 Å². The van der Waals surface area contributed by atoms with Crippen molar-refractivity contribution in [1.82, 2.24) is 10.4 Å². The first-order chi connectivity index (χ1) is 9.95. The molecule has 1 aromatic rings. The number of ether oxygens (including phenoxy) is 1. The number of amides is 2. The molecule has 114 valence electrons.